The average Bonchev–Trinajstić information content (AvgIpc) is 3.27. The maximum absolute atomic E-state index is 15.3. The van der Waals surface area contributed by atoms with Crippen LogP contribution in [-0.2, 0) is 0 Å². The number of pyridine rings is 1. The summed E-state index contributed by atoms with van der Waals surface area (Å²) in [6, 6.07) is 5.32. The normalized spacial score (nSPS) is 22.9. The Morgan fingerprint density at radius 1 is 0.971 bits per heavy atom. The monoisotopic (exact) mass is 473 g/mol. The Kier molecular flexibility index (Phi) is 7.63. The molecule has 9 heteroatoms. The highest BCUT2D eigenvalue weighted by Crippen LogP contribution is 2.42. The number of halogens is 1. The molecule has 1 saturated carbocycles. The summed E-state index contributed by atoms with van der Waals surface area (Å²) >= 11 is 0. The molecule has 186 valence electrons. The van der Waals surface area contributed by atoms with E-state index in [1.807, 2.05) is 12.1 Å². The maximum Gasteiger partial charge on any atom is 0.203 e. The largest absolute Gasteiger partial charge is 0.493 e. The lowest BCUT2D eigenvalue weighted by Gasteiger charge is -2.30. The lowest BCUT2D eigenvalue weighted by molar-refractivity contribution is 0.317. The van der Waals surface area contributed by atoms with Crippen LogP contribution in [0.4, 0.5) is 21.7 Å². The Labute approximate surface area is 201 Å². The molecule has 8 nitrogen and oxygen atoms in total. The third-order valence-corrected chi connectivity index (χ3v) is 6.95. The molecule has 0 amide bonds. The molecule has 0 bridgehead atoms. The van der Waals surface area contributed by atoms with Crippen molar-refractivity contribution in [2.24, 2.45) is 5.73 Å². The fourth-order valence-electron chi connectivity index (χ4n) is 5.07. The van der Waals surface area contributed by atoms with Crippen LogP contribution in [0.3, 0.4) is 0 Å². The van der Waals surface area contributed by atoms with Gasteiger partial charge in [0, 0.05) is 41.5 Å². The number of methoxy groups -OCH3 is 3. The van der Waals surface area contributed by atoms with Gasteiger partial charge in [-0.15, -0.1) is 0 Å². The van der Waals surface area contributed by atoms with Crippen molar-refractivity contribution in [3.8, 4) is 17.2 Å². The fraction of sp³-hybridized carbons (Fsp3) is 0.560. The highest BCUT2D eigenvalue weighted by atomic mass is 19.1. The topological polar surface area (TPSA) is 93.9 Å². The van der Waals surface area contributed by atoms with Gasteiger partial charge < -0.3 is 30.6 Å². The number of anilines is 3. The summed E-state index contributed by atoms with van der Waals surface area (Å²) in [5.41, 5.74) is 7.83. The summed E-state index contributed by atoms with van der Waals surface area (Å²) in [4.78, 5) is 6.97. The maximum atomic E-state index is 15.3. The van der Waals surface area contributed by atoms with Gasteiger partial charge in [0.1, 0.15) is 5.82 Å². The van der Waals surface area contributed by atoms with E-state index in [0.717, 1.165) is 50.6 Å². The molecule has 4 rings (SSSR count). The third kappa shape index (κ3) is 5.00. The van der Waals surface area contributed by atoms with E-state index in [-0.39, 0.29) is 29.8 Å². The van der Waals surface area contributed by atoms with Gasteiger partial charge in [-0.05, 0) is 45.3 Å². The predicted octanol–water partition coefficient (Wildman–Crippen LogP) is 4.44. The zero-order valence-corrected chi connectivity index (χ0v) is 20.5. The molecule has 1 aromatic heterocycles. The van der Waals surface area contributed by atoms with Crippen molar-refractivity contribution < 1.29 is 18.6 Å². The van der Waals surface area contributed by atoms with Crippen LogP contribution >= 0.6 is 0 Å². The summed E-state index contributed by atoms with van der Waals surface area (Å²) in [6.45, 7) is 0.965. The first-order chi connectivity index (χ1) is 16.4. The van der Waals surface area contributed by atoms with E-state index in [0.29, 0.717) is 28.8 Å². The summed E-state index contributed by atoms with van der Waals surface area (Å²) in [5, 5.41) is 6.68. The molecule has 2 aromatic rings. The van der Waals surface area contributed by atoms with Crippen LogP contribution in [0.25, 0.3) is 0 Å². The Morgan fingerprint density at radius 3 is 2.26 bits per heavy atom. The van der Waals surface area contributed by atoms with Crippen LogP contribution < -0.4 is 30.6 Å². The quantitative estimate of drug-likeness (QED) is 0.518. The van der Waals surface area contributed by atoms with E-state index in [2.05, 4.69) is 22.6 Å². The molecular weight excluding hydrogens is 437 g/mol. The molecule has 2 fully saturated rings. The molecule has 0 spiro atoms. The van der Waals surface area contributed by atoms with Gasteiger partial charge >= 0.3 is 0 Å². The van der Waals surface area contributed by atoms with Crippen LogP contribution in [0.2, 0.25) is 0 Å². The van der Waals surface area contributed by atoms with E-state index in [1.165, 1.54) is 0 Å². The van der Waals surface area contributed by atoms with E-state index in [1.54, 1.807) is 27.4 Å². The first-order valence-corrected chi connectivity index (χ1v) is 11.9. The summed E-state index contributed by atoms with van der Waals surface area (Å²) in [6.07, 6.45) is 6.03. The number of rotatable bonds is 8. The van der Waals surface area contributed by atoms with Crippen molar-refractivity contribution in [2.45, 2.75) is 56.7 Å². The van der Waals surface area contributed by atoms with Crippen molar-refractivity contribution in [1.82, 2.24) is 9.88 Å². The minimum absolute atomic E-state index is 0.00442. The Bertz CT molecular complexity index is 980. The Morgan fingerprint density at radius 2 is 1.68 bits per heavy atom. The molecule has 2 heterocycles. The molecular formula is C25H36FN5O3. The molecule has 2 unspecified atom stereocenters. The van der Waals surface area contributed by atoms with Gasteiger partial charge in [0.25, 0.3) is 0 Å². The van der Waals surface area contributed by atoms with E-state index < -0.39 is 0 Å². The SMILES string of the molecule is COc1cc(Nc2nc(NC3CCCCC3N)c(F)cc2[C@@H]2CCCN2C)cc(OC)c1OC. The number of likely N-dealkylation sites (tertiary alicyclic amines) is 1. The molecule has 3 atom stereocenters. The fourth-order valence-corrected chi connectivity index (χ4v) is 5.07. The Hall–Kier alpha value is -2.78. The number of aromatic nitrogens is 1. The molecule has 1 aliphatic heterocycles. The second kappa shape index (κ2) is 10.7. The number of nitrogens with two attached hydrogens (primary N) is 1. The van der Waals surface area contributed by atoms with Gasteiger partial charge in [0.15, 0.2) is 23.1 Å². The molecule has 2 aliphatic rings. The van der Waals surface area contributed by atoms with Gasteiger partial charge in [-0.3, -0.25) is 4.90 Å². The predicted molar refractivity (Wildman–Crippen MR) is 132 cm³/mol. The minimum atomic E-state index is -0.358. The van der Waals surface area contributed by atoms with E-state index in [4.69, 9.17) is 24.9 Å². The lowest BCUT2D eigenvalue weighted by atomic mass is 9.91. The molecule has 1 aliphatic carbocycles. The molecule has 34 heavy (non-hydrogen) atoms. The Balaban J connectivity index is 1.73. The van der Waals surface area contributed by atoms with Crippen molar-refractivity contribution in [3.63, 3.8) is 0 Å². The average molecular weight is 474 g/mol. The number of hydrogen-bond acceptors (Lipinski definition) is 8. The van der Waals surface area contributed by atoms with Gasteiger partial charge in [0.05, 0.1) is 21.3 Å². The number of ether oxygens (including phenoxy) is 3. The van der Waals surface area contributed by atoms with Gasteiger partial charge in [-0.1, -0.05) is 12.8 Å². The van der Waals surface area contributed by atoms with Crippen molar-refractivity contribution in [3.05, 3.63) is 29.6 Å². The van der Waals surface area contributed by atoms with Crippen molar-refractivity contribution in [1.29, 1.82) is 0 Å². The summed E-state index contributed by atoms with van der Waals surface area (Å²) in [5.74, 6) is 2.02. The first-order valence-electron chi connectivity index (χ1n) is 11.9. The smallest absolute Gasteiger partial charge is 0.203 e. The number of nitrogens with one attached hydrogen (secondary N) is 2. The second-order valence-electron chi connectivity index (χ2n) is 9.13. The third-order valence-electron chi connectivity index (χ3n) is 6.95. The molecule has 1 aromatic carbocycles. The van der Waals surface area contributed by atoms with Crippen molar-refractivity contribution >= 4 is 17.3 Å². The van der Waals surface area contributed by atoms with Gasteiger partial charge in [0.2, 0.25) is 5.75 Å². The van der Waals surface area contributed by atoms with Gasteiger partial charge in [-0.2, -0.15) is 0 Å². The zero-order valence-electron chi connectivity index (χ0n) is 20.5. The van der Waals surface area contributed by atoms with Crippen LogP contribution in [0, 0.1) is 5.82 Å². The minimum Gasteiger partial charge on any atom is -0.493 e. The summed E-state index contributed by atoms with van der Waals surface area (Å²) < 4.78 is 31.7. The second-order valence-corrected chi connectivity index (χ2v) is 9.13. The van der Waals surface area contributed by atoms with Crippen LogP contribution in [0.5, 0.6) is 17.2 Å². The first kappa shape index (κ1) is 24.3. The van der Waals surface area contributed by atoms with Crippen LogP contribution in [0.15, 0.2) is 18.2 Å². The molecule has 4 N–H and O–H groups in total. The van der Waals surface area contributed by atoms with Crippen LogP contribution in [0.1, 0.15) is 50.1 Å². The van der Waals surface area contributed by atoms with E-state index in [9.17, 15) is 0 Å². The van der Waals surface area contributed by atoms with Gasteiger partial charge in [-0.25, -0.2) is 9.37 Å². The van der Waals surface area contributed by atoms with Crippen molar-refractivity contribution in [2.75, 3.05) is 45.6 Å². The van der Waals surface area contributed by atoms with E-state index >= 15 is 4.39 Å². The zero-order chi connectivity index (χ0) is 24.2. The number of hydrogen-bond donors (Lipinski definition) is 3. The molecule has 1 saturated heterocycles. The number of nitrogens with zero attached hydrogens (tertiary/aromatic N) is 2. The highest BCUT2D eigenvalue weighted by molar-refractivity contribution is 5.69. The van der Waals surface area contributed by atoms with Crippen LogP contribution in [-0.4, -0.2) is 56.9 Å². The lowest BCUT2D eigenvalue weighted by Crippen LogP contribution is -2.43. The highest BCUT2D eigenvalue weighted by Gasteiger charge is 2.29. The number of benzene rings is 1. The molecule has 0 radical (unpaired) electrons. The summed E-state index contributed by atoms with van der Waals surface area (Å²) in [7, 11) is 6.78. The standard InChI is InChI=1S/C25H36FN5O3/c1-31-11-7-10-20(31)16-14-17(26)25(29-19-9-6-5-8-18(19)27)30-24(16)28-15-12-21(32-2)23(34-4)22(13-15)33-3/h12-14,18-20H,5-11,27H2,1-4H3,(H2,28,29,30)/t18?,19?,20-/m0/s1.